The minimum atomic E-state index is -1.77. The number of amides is 4. The lowest BCUT2D eigenvalue weighted by atomic mass is 9.74. The van der Waals surface area contributed by atoms with Crippen LogP contribution in [0.2, 0.25) is 0 Å². The molecule has 1 atom stereocenters. The van der Waals surface area contributed by atoms with Gasteiger partial charge in [-0.25, -0.2) is 14.1 Å². The van der Waals surface area contributed by atoms with Crippen LogP contribution in [-0.2, 0) is 22.4 Å². The zero-order valence-corrected chi connectivity index (χ0v) is 20.6. The zero-order valence-electron chi connectivity index (χ0n) is 20.6. The van der Waals surface area contributed by atoms with Crippen molar-refractivity contribution >= 4 is 23.5 Å². The van der Waals surface area contributed by atoms with E-state index in [9.17, 15) is 18.8 Å². The SMILES string of the molecule is COc1cc(CC2(CCc3ccccn3)C(=O)NC(=O)N(c3ccccc3F)C2=O)cc(OC)c1OC. The molecular formula is C27H26FN3O6. The zero-order chi connectivity index (χ0) is 26.6. The molecule has 9 nitrogen and oxygen atoms in total. The molecule has 2 aromatic carbocycles. The van der Waals surface area contributed by atoms with Gasteiger partial charge in [-0.1, -0.05) is 18.2 Å². The van der Waals surface area contributed by atoms with E-state index in [1.165, 1.54) is 39.5 Å². The first-order chi connectivity index (χ1) is 17.8. The highest BCUT2D eigenvalue weighted by molar-refractivity contribution is 6.30. The van der Waals surface area contributed by atoms with E-state index in [2.05, 4.69) is 10.3 Å². The van der Waals surface area contributed by atoms with Crippen molar-refractivity contribution in [2.24, 2.45) is 5.41 Å². The number of hydrogen-bond donors (Lipinski definition) is 1. The Morgan fingerprint density at radius 2 is 1.62 bits per heavy atom. The second-order valence-electron chi connectivity index (χ2n) is 8.46. The minimum absolute atomic E-state index is 0.00354. The molecule has 0 radical (unpaired) electrons. The normalized spacial score (nSPS) is 17.4. The number of imide groups is 2. The summed E-state index contributed by atoms with van der Waals surface area (Å²) in [4.78, 5) is 45.3. The third-order valence-electron chi connectivity index (χ3n) is 6.33. The highest BCUT2D eigenvalue weighted by atomic mass is 19.1. The van der Waals surface area contributed by atoms with Gasteiger partial charge < -0.3 is 14.2 Å². The fourth-order valence-electron chi connectivity index (χ4n) is 4.47. The summed E-state index contributed by atoms with van der Waals surface area (Å²) in [5.41, 5.74) is -0.841. The molecule has 1 aliphatic rings. The Morgan fingerprint density at radius 1 is 0.946 bits per heavy atom. The van der Waals surface area contributed by atoms with Crippen LogP contribution in [0.1, 0.15) is 17.7 Å². The number of ether oxygens (including phenoxy) is 3. The van der Waals surface area contributed by atoms with Crippen molar-refractivity contribution in [3.8, 4) is 17.2 Å². The van der Waals surface area contributed by atoms with E-state index in [0.717, 1.165) is 6.07 Å². The van der Waals surface area contributed by atoms with Crippen LogP contribution in [0.15, 0.2) is 60.8 Å². The van der Waals surface area contributed by atoms with Gasteiger partial charge in [0, 0.05) is 11.9 Å². The Bertz CT molecular complexity index is 1310. The Balaban J connectivity index is 1.83. The van der Waals surface area contributed by atoms with Crippen LogP contribution in [0.25, 0.3) is 0 Å². The maximum Gasteiger partial charge on any atom is 0.335 e. The van der Waals surface area contributed by atoms with Crippen LogP contribution < -0.4 is 24.4 Å². The number of nitrogens with one attached hydrogen (secondary N) is 1. The lowest BCUT2D eigenvalue weighted by Crippen LogP contribution is -2.65. The van der Waals surface area contributed by atoms with Crippen LogP contribution in [0, 0.1) is 11.2 Å². The van der Waals surface area contributed by atoms with Crippen molar-refractivity contribution in [1.82, 2.24) is 10.3 Å². The molecule has 0 aliphatic carbocycles. The summed E-state index contributed by atoms with van der Waals surface area (Å²) in [5.74, 6) is -1.37. The highest BCUT2D eigenvalue weighted by Gasteiger charge is 2.54. The van der Waals surface area contributed by atoms with E-state index in [0.29, 0.717) is 33.4 Å². The second-order valence-corrected chi connectivity index (χ2v) is 8.46. The maximum atomic E-state index is 14.7. The predicted octanol–water partition coefficient (Wildman–Crippen LogP) is 3.69. The molecule has 1 fully saturated rings. The van der Waals surface area contributed by atoms with Gasteiger partial charge in [0.25, 0.3) is 5.91 Å². The van der Waals surface area contributed by atoms with Crippen molar-refractivity contribution in [2.45, 2.75) is 19.3 Å². The number of carbonyl (C=O) groups excluding carboxylic acids is 3. The summed E-state index contributed by atoms with van der Waals surface area (Å²) < 4.78 is 31.0. The van der Waals surface area contributed by atoms with Crippen LogP contribution in [-0.4, -0.2) is 44.2 Å². The van der Waals surface area contributed by atoms with Crippen molar-refractivity contribution in [3.05, 3.63) is 77.9 Å². The third-order valence-corrected chi connectivity index (χ3v) is 6.33. The van der Waals surface area contributed by atoms with Gasteiger partial charge in [-0.15, -0.1) is 0 Å². The first kappa shape index (κ1) is 25.6. The molecule has 1 saturated heterocycles. The molecule has 1 aromatic heterocycles. The molecular weight excluding hydrogens is 481 g/mol. The van der Waals surface area contributed by atoms with E-state index >= 15 is 0 Å². The van der Waals surface area contributed by atoms with Crippen LogP contribution in [0.3, 0.4) is 0 Å². The maximum absolute atomic E-state index is 14.7. The van der Waals surface area contributed by atoms with Crippen molar-refractivity contribution in [3.63, 3.8) is 0 Å². The van der Waals surface area contributed by atoms with Gasteiger partial charge in [0.15, 0.2) is 11.5 Å². The van der Waals surface area contributed by atoms with Gasteiger partial charge in [0.1, 0.15) is 11.2 Å². The van der Waals surface area contributed by atoms with Crippen molar-refractivity contribution in [1.29, 1.82) is 0 Å². The number of anilines is 1. The lowest BCUT2D eigenvalue weighted by molar-refractivity contribution is -0.143. The van der Waals surface area contributed by atoms with E-state index in [1.54, 1.807) is 36.5 Å². The number of methoxy groups -OCH3 is 3. The third kappa shape index (κ3) is 4.82. The number of pyridine rings is 1. The van der Waals surface area contributed by atoms with E-state index < -0.39 is 29.1 Å². The number of rotatable bonds is 9. The molecule has 0 spiro atoms. The number of nitrogens with zero attached hydrogens (tertiary/aromatic N) is 2. The number of barbiturate groups is 1. The van der Waals surface area contributed by atoms with Gasteiger partial charge in [-0.05, 0) is 61.2 Å². The molecule has 37 heavy (non-hydrogen) atoms. The predicted molar refractivity (Wildman–Crippen MR) is 132 cm³/mol. The number of halogens is 1. The summed E-state index contributed by atoms with van der Waals surface area (Å²) in [6.45, 7) is 0. The number of benzene rings is 2. The quantitative estimate of drug-likeness (QED) is 0.440. The Morgan fingerprint density at radius 3 is 2.22 bits per heavy atom. The summed E-state index contributed by atoms with van der Waals surface area (Å²) in [6.07, 6.45) is 1.74. The second kappa shape index (κ2) is 10.7. The Kier molecular flexibility index (Phi) is 7.37. The molecule has 1 unspecified atom stereocenters. The highest BCUT2D eigenvalue weighted by Crippen LogP contribution is 2.42. The number of hydrogen-bond acceptors (Lipinski definition) is 7. The first-order valence-electron chi connectivity index (χ1n) is 11.5. The molecule has 4 amide bonds. The fourth-order valence-corrected chi connectivity index (χ4v) is 4.47. The van der Waals surface area contributed by atoms with E-state index in [1.807, 2.05) is 0 Å². The molecule has 1 aliphatic heterocycles. The summed E-state index contributed by atoms with van der Waals surface area (Å²) in [5, 5.41) is 2.27. The molecule has 2 heterocycles. The monoisotopic (exact) mass is 507 g/mol. The number of urea groups is 1. The van der Waals surface area contributed by atoms with Gasteiger partial charge in [0.2, 0.25) is 11.7 Å². The largest absolute Gasteiger partial charge is 0.493 e. The molecule has 192 valence electrons. The standard InChI is InChI=1S/C27H26FN3O6/c1-35-21-14-17(15-22(36-2)23(21)37-3)16-27(12-11-18-8-6-7-13-29-18)24(32)30-26(34)31(25(27)33)20-10-5-4-9-19(20)28/h4-10,13-15H,11-12,16H2,1-3H3,(H,30,32,34). The lowest BCUT2D eigenvalue weighted by Gasteiger charge is -2.39. The van der Waals surface area contributed by atoms with E-state index in [4.69, 9.17) is 14.2 Å². The average molecular weight is 508 g/mol. The molecule has 0 bridgehead atoms. The molecule has 0 saturated carbocycles. The number of aryl methyl sites for hydroxylation is 1. The molecule has 10 heteroatoms. The summed E-state index contributed by atoms with van der Waals surface area (Å²) in [7, 11) is 4.37. The van der Waals surface area contributed by atoms with Crippen LogP contribution in [0.4, 0.5) is 14.9 Å². The summed E-state index contributed by atoms with van der Waals surface area (Å²) in [6, 6.07) is 13.0. The molecule has 4 rings (SSSR count). The smallest absolute Gasteiger partial charge is 0.335 e. The van der Waals surface area contributed by atoms with Gasteiger partial charge >= 0.3 is 6.03 Å². The van der Waals surface area contributed by atoms with E-state index in [-0.39, 0.29) is 24.9 Å². The van der Waals surface area contributed by atoms with Crippen molar-refractivity contribution < 1.29 is 33.0 Å². The average Bonchev–Trinajstić information content (AvgIpc) is 2.91. The Labute approximate surface area is 213 Å². The topological polar surface area (TPSA) is 107 Å². The van der Waals surface area contributed by atoms with Crippen LogP contribution in [0.5, 0.6) is 17.2 Å². The van der Waals surface area contributed by atoms with Crippen molar-refractivity contribution in [2.75, 3.05) is 26.2 Å². The summed E-state index contributed by atoms with van der Waals surface area (Å²) >= 11 is 0. The molecule has 3 aromatic rings. The van der Waals surface area contributed by atoms with Crippen LogP contribution >= 0.6 is 0 Å². The fraction of sp³-hybridized carbons (Fsp3) is 0.259. The van der Waals surface area contributed by atoms with Gasteiger partial charge in [0.05, 0.1) is 27.0 Å². The molecule has 1 N–H and O–H groups in total. The van der Waals surface area contributed by atoms with Gasteiger partial charge in [-0.3, -0.25) is 19.9 Å². The number of carbonyl (C=O) groups is 3. The number of aromatic nitrogens is 1. The Hall–Kier alpha value is -4.47. The minimum Gasteiger partial charge on any atom is -0.493 e. The van der Waals surface area contributed by atoms with Gasteiger partial charge in [-0.2, -0.15) is 0 Å². The first-order valence-corrected chi connectivity index (χ1v) is 11.5. The number of para-hydroxylation sites is 1.